The van der Waals surface area contributed by atoms with Crippen LogP contribution in [0.1, 0.15) is 5.76 Å². The number of carboxylic acids is 1. The number of carboxylic acid groups (broad SMARTS) is 1. The molecule has 0 unspecified atom stereocenters. The summed E-state index contributed by atoms with van der Waals surface area (Å²) in [7, 11) is 0. The van der Waals surface area contributed by atoms with Crippen LogP contribution in [0.2, 0.25) is 0 Å². The van der Waals surface area contributed by atoms with Gasteiger partial charge in [-0.1, -0.05) is 0 Å². The maximum Gasteiger partial charge on any atom is 0.433 e. The summed E-state index contributed by atoms with van der Waals surface area (Å²) in [6, 6.07) is 1.21. The third kappa shape index (κ3) is 1.53. The molecule has 0 aromatic carbocycles. The van der Waals surface area contributed by atoms with Crippen molar-refractivity contribution in [1.29, 1.82) is 0 Å². The number of alkyl halides is 2. The van der Waals surface area contributed by atoms with Gasteiger partial charge in [0, 0.05) is 0 Å². The Labute approximate surface area is 74.9 Å². The quantitative estimate of drug-likeness (QED) is 0.596. The van der Waals surface area contributed by atoms with Crippen molar-refractivity contribution in [2.24, 2.45) is 0 Å². The topological polar surface area (TPSA) is 93.6 Å². The lowest BCUT2D eigenvalue weighted by Crippen LogP contribution is -2.24. The predicted molar refractivity (Wildman–Crippen MR) is 36.9 cm³/mol. The smallest absolute Gasteiger partial charge is 0.433 e. The molecule has 14 heavy (non-hydrogen) atoms. The summed E-state index contributed by atoms with van der Waals surface area (Å²) in [4.78, 5) is 19.0. The lowest BCUT2D eigenvalue weighted by molar-refractivity contribution is -0.402. The fraction of sp³-hybridized carbons (Fsp3) is 0.167. The molecule has 1 heterocycles. The van der Waals surface area contributed by atoms with E-state index in [-0.39, 0.29) is 0 Å². The Kier molecular flexibility index (Phi) is 2.20. The Morgan fingerprint density at radius 3 is 2.50 bits per heavy atom. The van der Waals surface area contributed by atoms with Crippen LogP contribution in [0.25, 0.3) is 0 Å². The molecule has 1 N–H and O–H groups in total. The molecule has 76 valence electrons. The van der Waals surface area contributed by atoms with E-state index in [4.69, 9.17) is 5.11 Å². The second kappa shape index (κ2) is 3.05. The number of rotatable bonds is 3. The van der Waals surface area contributed by atoms with Crippen LogP contribution in [0.15, 0.2) is 16.5 Å². The van der Waals surface area contributed by atoms with Gasteiger partial charge in [-0.3, -0.25) is 10.1 Å². The first-order valence-electron chi connectivity index (χ1n) is 3.21. The van der Waals surface area contributed by atoms with Crippen molar-refractivity contribution in [2.75, 3.05) is 0 Å². The van der Waals surface area contributed by atoms with Crippen molar-refractivity contribution in [3.8, 4) is 0 Å². The fourth-order valence-electron chi connectivity index (χ4n) is 0.700. The summed E-state index contributed by atoms with van der Waals surface area (Å²) in [6.45, 7) is 0. The molecule has 0 saturated carbocycles. The second-order valence-electron chi connectivity index (χ2n) is 2.27. The largest absolute Gasteiger partial charge is 0.476 e. The van der Waals surface area contributed by atoms with Crippen LogP contribution in [0.4, 0.5) is 14.7 Å². The van der Waals surface area contributed by atoms with Crippen LogP contribution >= 0.6 is 0 Å². The van der Waals surface area contributed by atoms with Crippen LogP contribution in [0.3, 0.4) is 0 Å². The van der Waals surface area contributed by atoms with E-state index in [2.05, 4.69) is 4.42 Å². The summed E-state index contributed by atoms with van der Waals surface area (Å²) in [5.41, 5.74) is 0. The number of furan rings is 1. The van der Waals surface area contributed by atoms with Crippen molar-refractivity contribution in [2.45, 2.75) is 5.92 Å². The fourth-order valence-corrected chi connectivity index (χ4v) is 0.700. The molecule has 0 radical (unpaired) electrons. The van der Waals surface area contributed by atoms with Gasteiger partial charge in [0.05, 0.1) is 6.07 Å². The highest BCUT2D eigenvalue weighted by Crippen LogP contribution is 2.31. The van der Waals surface area contributed by atoms with E-state index in [1.54, 1.807) is 0 Å². The molecule has 0 aliphatic heterocycles. The number of nitro groups is 1. The van der Waals surface area contributed by atoms with Crippen LogP contribution in [-0.2, 0) is 10.7 Å². The van der Waals surface area contributed by atoms with Crippen molar-refractivity contribution >= 4 is 11.9 Å². The summed E-state index contributed by atoms with van der Waals surface area (Å²) in [5.74, 6) is -8.88. The van der Waals surface area contributed by atoms with Gasteiger partial charge in [-0.05, 0) is 6.07 Å². The molecule has 1 rings (SSSR count). The highest BCUT2D eigenvalue weighted by Gasteiger charge is 2.45. The number of halogens is 2. The average molecular weight is 207 g/mol. The van der Waals surface area contributed by atoms with E-state index in [0.717, 1.165) is 0 Å². The van der Waals surface area contributed by atoms with Crippen LogP contribution in [0.5, 0.6) is 0 Å². The van der Waals surface area contributed by atoms with Crippen molar-refractivity contribution < 1.29 is 28.0 Å². The first-order chi connectivity index (χ1) is 6.35. The molecular weight excluding hydrogens is 204 g/mol. The molecule has 0 aliphatic rings. The minimum absolute atomic E-state index is 0.548. The zero-order valence-electron chi connectivity index (χ0n) is 6.44. The molecule has 0 amide bonds. The van der Waals surface area contributed by atoms with E-state index in [0.29, 0.717) is 12.1 Å². The predicted octanol–water partition coefficient (Wildman–Crippen LogP) is 1.36. The molecule has 0 saturated heterocycles. The third-order valence-electron chi connectivity index (χ3n) is 1.35. The molecule has 0 atom stereocenters. The molecule has 0 aliphatic carbocycles. The maximum absolute atomic E-state index is 12.6. The van der Waals surface area contributed by atoms with Gasteiger partial charge in [0.1, 0.15) is 4.92 Å². The van der Waals surface area contributed by atoms with Gasteiger partial charge >= 0.3 is 17.8 Å². The van der Waals surface area contributed by atoms with E-state index < -0.39 is 28.5 Å². The van der Waals surface area contributed by atoms with E-state index >= 15 is 0 Å². The average Bonchev–Trinajstić information content (AvgIpc) is 2.51. The number of carbonyl (C=O) groups is 1. The number of nitrogens with zero attached hydrogens (tertiary/aromatic N) is 1. The third-order valence-corrected chi connectivity index (χ3v) is 1.35. The van der Waals surface area contributed by atoms with Gasteiger partial charge in [0.2, 0.25) is 0 Å². The van der Waals surface area contributed by atoms with Gasteiger partial charge in [0.25, 0.3) is 0 Å². The Bertz CT molecular complexity index is 385. The maximum atomic E-state index is 12.6. The number of aliphatic carboxylic acids is 1. The standard InChI is InChI=1S/C6H3F2NO5/c7-6(8,5(10)11)3-1-2-4(14-3)9(12)13/h1-2H,(H,10,11). The Morgan fingerprint density at radius 2 is 2.14 bits per heavy atom. The lowest BCUT2D eigenvalue weighted by Gasteiger charge is -2.05. The number of hydrogen-bond donors (Lipinski definition) is 1. The molecule has 1 aromatic rings. The SMILES string of the molecule is O=C(O)C(F)(F)c1ccc([N+](=O)[O-])o1. The second-order valence-corrected chi connectivity index (χ2v) is 2.27. The van der Waals surface area contributed by atoms with Crippen molar-refractivity contribution in [3.63, 3.8) is 0 Å². The summed E-state index contributed by atoms with van der Waals surface area (Å²) < 4.78 is 29.3. The molecule has 0 fully saturated rings. The summed E-state index contributed by atoms with van der Waals surface area (Å²) >= 11 is 0. The molecular formula is C6H3F2NO5. The normalized spacial score (nSPS) is 11.3. The molecule has 6 nitrogen and oxygen atoms in total. The van der Waals surface area contributed by atoms with Crippen LogP contribution in [-0.4, -0.2) is 16.0 Å². The van der Waals surface area contributed by atoms with E-state index in [1.807, 2.05) is 0 Å². The van der Waals surface area contributed by atoms with Gasteiger partial charge in [0.15, 0.2) is 5.76 Å². The van der Waals surface area contributed by atoms with Gasteiger partial charge in [-0.15, -0.1) is 0 Å². The number of hydrogen-bond acceptors (Lipinski definition) is 4. The van der Waals surface area contributed by atoms with Gasteiger partial charge < -0.3 is 9.52 Å². The van der Waals surface area contributed by atoms with E-state index in [9.17, 15) is 23.7 Å². The summed E-state index contributed by atoms with van der Waals surface area (Å²) in [5, 5.41) is 18.1. The van der Waals surface area contributed by atoms with Crippen LogP contribution < -0.4 is 0 Å². The molecule has 8 heteroatoms. The highest BCUT2D eigenvalue weighted by molar-refractivity contribution is 5.76. The Balaban J connectivity index is 3.09. The molecule has 1 aromatic heterocycles. The van der Waals surface area contributed by atoms with Crippen molar-refractivity contribution in [3.05, 3.63) is 28.0 Å². The Hall–Kier alpha value is -1.99. The van der Waals surface area contributed by atoms with Crippen molar-refractivity contribution in [1.82, 2.24) is 0 Å². The minimum Gasteiger partial charge on any atom is -0.476 e. The minimum atomic E-state index is -4.26. The monoisotopic (exact) mass is 207 g/mol. The Morgan fingerprint density at radius 1 is 1.57 bits per heavy atom. The van der Waals surface area contributed by atoms with E-state index in [1.165, 1.54) is 0 Å². The van der Waals surface area contributed by atoms with Gasteiger partial charge in [-0.25, -0.2) is 4.79 Å². The molecule has 0 bridgehead atoms. The molecule has 0 spiro atoms. The van der Waals surface area contributed by atoms with Crippen LogP contribution in [0, 0.1) is 10.1 Å². The zero-order chi connectivity index (χ0) is 10.9. The first-order valence-corrected chi connectivity index (χ1v) is 3.21. The first kappa shape index (κ1) is 10.1. The summed E-state index contributed by atoms with van der Waals surface area (Å²) in [6.07, 6.45) is 0. The highest BCUT2D eigenvalue weighted by atomic mass is 19.3. The van der Waals surface area contributed by atoms with Gasteiger partial charge in [-0.2, -0.15) is 8.78 Å². The lowest BCUT2D eigenvalue weighted by atomic mass is 10.2. The zero-order valence-corrected chi connectivity index (χ0v) is 6.44.